The molecule has 1 N–H and O–H groups in total. The van der Waals surface area contributed by atoms with Crippen LogP contribution in [-0.4, -0.2) is 42.7 Å². The standard InChI is InChI=1S/C11H17F3N2O/c12-11(13,14)8-4-6-16(7-8)10(17)9-3-1-2-5-15-9/h8-9,15H,1-7H2/t8-,9-/m1/s1. The molecule has 0 unspecified atom stereocenters. The summed E-state index contributed by atoms with van der Waals surface area (Å²) in [6.45, 7) is 0.856. The fourth-order valence-corrected chi connectivity index (χ4v) is 2.51. The molecular weight excluding hydrogens is 233 g/mol. The van der Waals surface area contributed by atoms with Crippen molar-refractivity contribution in [3.63, 3.8) is 0 Å². The average Bonchev–Trinajstić information content (AvgIpc) is 2.78. The van der Waals surface area contributed by atoms with Gasteiger partial charge in [-0.25, -0.2) is 0 Å². The number of nitrogens with one attached hydrogen (secondary N) is 1. The van der Waals surface area contributed by atoms with Gasteiger partial charge in [0, 0.05) is 13.1 Å². The summed E-state index contributed by atoms with van der Waals surface area (Å²) in [6, 6.07) is -0.268. The van der Waals surface area contributed by atoms with E-state index in [-0.39, 0.29) is 31.5 Å². The first-order valence-electron chi connectivity index (χ1n) is 6.07. The third-order valence-electron chi connectivity index (χ3n) is 3.57. The van der Waals surface area contributed by atoms with Gasteiger partial charge >= 0.3 is 6.18 Å². The highest BCUT2D eigenvalue weighted by molar-refractivity contribution is 5.82. The number of nitrogens with zero attached hydrogens (tertiary/aromatic N) is 1. The third-order valence-corrected chi connectivity index (χ3v) is 3.57. The monoisotopic (exact) mass is 250 g/mol. The van der Waals surface area contributed by atoms with Crippen molar-refractivity contribution in [2.75, 3.05) is 19.6 Å². The van der Waals surface area contributed by atoms with Crippen molar-refractivity contribution in [3.05, 3.63) is 0 Å². The van der Waals surface area contributed by atoms with Gasteiger partial charge < -0.3 is 10.2 Å². The first-order chi connectivity index (χ1) is 7.98. The lowest BCUT2D eigenvalue weighted by Gasteiger charge is -2.27. The van der Waals surface area contributed by atoms with Gasteiger partial charge in [-0.3, -0.25) is 4.79 Å². The summed E-state index contributed by atoms with van der Waals surface area (Å²) in [5.41, 5.74) is 0. The Morgan fingerprint density at radius 1 is 1.24 bits per heavy atom. The molecule has 2 aliphatic rings. The first kappa shape index (κ1) is 12.7. The first-order valence-corrected chi connectivity index (χ1v) is 6.07. The zero-order valence-corrected chi connectivity index (χ0v) is 9.59. The van der Waals surface area contributed by atoms with Gasteiger partial charge in [0.1, 0.15) is 0 Å². The van der Waals surface area contributed by atoms with E-state index < -0.39 is 12.1 Å². The van der Waals surface area contributed by atoms with Crippen LogP contribution in [0.3, 0.4) is 0 Å². The number of alkyl halides is 3. The predicted molar refractivity (Wildman–Crippen MR) is 56.4 cm³/mol. The second-order valence-electron chi connectivity index (χ2n) is 4.81. The number of amides is 1. The topological polar surface area (TPSA) is 32.3 Å². The maximum absolute atomic E-state index is 12.5. The van der Waals surface area contributed by atoms with E-state index in [1.54, 1.807) is 0 Å². The zero-order chi connectivity index (χ0) is 12.5. The molecule has 6 heteroatoms. The van der Waals surface area contributed by atoms with Gasteiger partial charge in [0.25, 0.3) is 0 Å². The van der Waals surface area contributed by atoms with E-state index >= 15 is 0 Å². The number of hydrogen-bond donors (Lipinski definition) is 1. The molecule has 0 aromatic rings. The fourth-order valence-electron chi connectivity index (χ4n) is 2.51. The molecule has 2 atom stereocenters. The van der Waals surface area contributed by atoms with Gasteiger partial charge in [-0.1, -0.05) is 6.42 Å². The Kier molecular flexibility index (Phi) is 3.61. The molecule has 0 aliphatic carbocycles. The minimum absolute atomic E-state index is 0.0436. The van der Waals surface area contributed by atoms with E-state index in [9.17, 15) is 18.0 Å². The van der Waals surface area contributed by atoms with E-state index in [4.69, 9.17) is 0 Å². The Morgan fingerprint density at radius 3 is 2.53 bits per heavy atom. The fraction of sp³-hybridized carbons (Fsp3) is 0.909. The Morgan fingerprint density at radius 2 is 2.00 bits per heavy atom. The van der Waals surface area contributed by atoms with Crippen LogP contribution >= 0.6 is 0 Å². The number of piperidine rings is 1. The molecule has 0 spiro atoms. The lowest BCUT2D eigenvalue weighted by Crippen LogP contribution is -2.48. The minimum Gasteiger partial charge on any atom is -0.341 e. The minimum atomic E-state index is -4.17. The summed E-state index contributed by atoms with van der Waals surface area (Å²) in [7, 11) is 0. The molecule has 2 rings (SSSR count). The SMILES string of the molecule is O=C([C@H]1CCCCN1)N1CC[C@@H](C(F)(F)F)C1. The van der Waals surface area contributed by atoms with E-state index in [0.717, 1.165) is 25.8 Å². The lowest BCUT2D eigenvalue weighted by atomic mass is 10.0. The van der Waals surface area contributed by atoms with Gasteiger partial charge in [-0.2, -0.15) is 13.2 Å². The number of likely N-dealkylation sites (tertiary alicyclic amines) is 1. The van der Waals surface area contributed by atoms with Crippen LogP contribution in [0.1, 0.15) is 25.7 Å². The number of rotatable bonds is 1. The molecule has 2 fully saturated rings. The summed E-state index contributed by atoms with van der Waals surface area (Å²) >= 11 is 0. The normalized spacial score (nSPS) is 30.6. The molecule has 3 nitrogen and oxygen atoms in total. The van der Waals surface area contributed by atoms with Crippen LogP contribution in [0, 0.1) is 5.92 Å². The smallest absolute Gasteiger partial charge is 0.341 e. The van der Waals surface area contributed by atoms with Crippen molar-refractivity contribution in [2.24, 2.45) is 5.92 Å². The van der Waals surface area contributed by atoms with Crippen molar-refractivity contribution >= 4 is 5.91 Å². The molecule has 2 heterocycles. The predicted octanol–water partition coefficient (Wildman–Crippen LogP) is 1.54. The summed E-state index contributed by atoms with van der Waals surface area (Å²) in [4.78, 5) is 13.3. The van der Waals surface area contributed by atoms with Crippen LogP contribution in [0.15, 0.2) is 0 Å². The summed E-state index contributed by atoms with van der Waals surface area (Å²) in [5, 5.41) is 3.08. The van der Waals surface area contributed by atoms with Gasteiger partial charge in [0.2, 0.25) is 5.91 Å². The summed E-state index contributed by atoms with van der Waals surface area (Å²) < 4.78 is 37.5. The van der Waals surface area contributed by atoms with Crippen molar-refractivity contribution in [3.8, 4) is 0 Å². The Bertz CT molecular complexity index is 287. The highest BCUT2D eigenvalue weighted by Gasteiger charge is 2.45. The van der Waals surface area contributed by atoms with Crippen LogP contribution in [0.25, 0.3) is 0 Å². The quantitative estimate of drug-likeness (QED) is 0.765. The van der Waals surface area contributed by atoms with Crippen LogP contribution < -0.4 is 5.32 Å². The van der Waals surface area contributed by atoms with Gasteiger partial charge in [0.05, 0.1) is 12.0 Å². The highest BCUT2D eigenvalue weighted by Crippen LogP contribution is 2.33. The molecule has 0 bridgehead atoms. The van der Waals surface area contributed by atoms with Gasteiger partial charge in [-0.05, 0) is 25.8 Å². The van der Waals surface area contributed by atoms with Crippen molar-refractivity contribution in [1.29, 1.82) is 0 Å². The molecule has 0 aromatic carbocycles. The van der Waals surface area contributed by atoms with Gasteiger partial charge in [0.15, 0.2) is 0 Å². The van der Waals surface area contributed by atoms with Crippen LogP contribution in [-0.2, 0) is 4.79 Å². The maximum Gasteiger partial charge on any atom is 0.393 e. The maximum atomic E-state index is 12.5. The second-order valence-corrected chi connectivity index (χ2v) is 4.81. The Hall–Kier alpha value is -0.780. The zero-order valence-electron chi connectivity index (χ0n) is 9.59. The molecule has 0 saturated carbocycles. The molecule has 2 aliphatic heterocycles. The lowest BCUT2D eigenvalue weighted by molar-refractivity contribution is -0.171. The third kappa shape index (κ3) is 2.91. The van der Waals surface area contributed by atoms with E-state index in [2.05, 4.69) is 5.32 Å². The van der Waals surface area contributed by atoms with Crippen molar-refractivity contribution in [1.82, 2.24) is 10.2 Å². The molecule has 17 heavy (non-hydrogen) atoms. The summed E-state index contributed by atoms with van der Waals surface area (Å²) in [6.07, 6.45) is -1.38. The molecule has 0 aromatic heterocycles. The molecule has 98 valence electrons. The van der Waals surface area contributed by atoms with Crippen LogP contribution in [0.2, 0.25) is 0 Å². The van der Waals surface area contributed by atoms with Crippen molar-refractivity contribution < 1.29 is 18.0 Å². The summed E-state index contributed by atoms with van der Waals surface area (Å²) in [5.74, 6) is -1.49. The molecular formula is C11H17F3N2O. The number of hydrogen-bond acceptors (Lipinski definition) is 2. The number of carbonyl (C=O) groups excluding carboxylic acids is 1. The Balaban J connectivity index is 1.89. The molecule has 1 amide bonds. The van der Waals surface area contributed by atoms with Crippen molar-refractivity contribution in [2.45, 2.75) is 37.9 Å². The second kappa shape index (κ2) is 4.84. The number of carbonyl (C=O) groups is 1. The average molecular weight is 250 g/mol. The van der Waals surface area contributed by atoms with E-state index in [1.165, 1.54) is 4.90 Å². The Labute approximate surface area is 98.3 Å². The molecule has 2 saturated heterocycles. The molecule has 0 radical (unpaired) electrons. The van der Waals surface area contributed by atoms with E-state index in [0.29, 0.717) is 0 Å². The van der Waals surface area contributed by atoms with Crippen LogP contribution in [0.4, 0.5) is 13.2 Å². The van der Waals surface area contributed by atoms with Gasteiger partial charge in [-0.15, -0.1) is 0 Å². The van der Waals surface area contributed by atoms with Crippen LogP contribution in [0.5, 0.6) is 0 Å². The van der Waals surface area contributed by atoms with E-state index in [1.807, 2.05) is 0 Å². The highest BCUT2D eigenvalue weighted by atomic mass is 19.4. The number of halogens is 3. The largest absolute Gasteiger partial charge is 0.393 e.